The molecule has 0 aromatic carbocycles. The lowest BCUT2D eigenvalue weighted by Crippen LogP contribution is -2.30. The van der Waals surface area contributed by atoms with Gasteiger partial charge in [-0.3, -0.25) is 9.78 Å². The smallest absolute Gasteiger partial charge is 0.227 e. The van der Waals surface area contributed by atoms with Crippen LogP contribution in [0.25, 0.3) is 0 Å². The molecule has 0 fully saturated rings. The lowest BCUT2D eigenvalue weighted by molar-refractivity contribution is -0.131. The molecule has 0 bridgehead atoms. The fourth-order valence-electron chi connectivity index (χ4n) is 1.62. The third-order valence-electron chi connectivity index (χ3n) is 2.86. The number of likely N-dealkylation sites (N-methyl/N-ethyl adjacent to an activating group) is 1. The van der Waals surface area contributed by atoms with Gasteiger partial charge in [0, 0.05) is 31.0 Å². The molecule has 2 aromatic rings. The van der Waals surface area contributed by atoms with E-state index in [1.165, 1.54) is 0 Å². The van der Waals surface area contributed by atoms with E-state index in [-0.39, 0.29) is 11.9 Å². The normalized spacial score (nSPS) is 12.1. The lowest BCUT2D eigenvalue weighted by Gasteiger charge is -2.23. The standard InChI is InChI=1S/C13H15N3OS/c1-10(13-15-6-7-18-13)16(2)12(17)8-11-4-3-5-14-9-11/h3-7,9-10H,8H2,1-2H3. The topological polar surface area (TPSA) is 46.1 Å². The average molecular weight is 261 g/mol. The highest BCUT2D eigenvalue weighted by molar-refractivity contribution is 7.09. The molecule has 2 heterocycles. The van der Waals surface area contributed by atoms with E-state index in [0.717, 1.165) is 10.6 Å². The van der Waals surface area contributed by atoms with Crippen LogP contribution in [0.2, 0.25) is 0 Å². The molecule has 0 N–H and O–H groups in total. The molecule has 0 aliphatic heterocycles. The van der Waals surface area contributed by atoms with Crippen molar-refractivity contribution in [2.45, 2.75) is 19.4 Å². The van der Waals surface area contributed by atoms with Crippen LogP contribution in [0.4, 0.5) is 0 Å². The van der Waals surface area contributed by atoms with Gasteiger partial charge in [0.25, 0.3) is 0 Å². The summed E-state index contributed by atoms with van der Waals surface area (Å²) in [5.41, 5.74) is 0.931. The van der Waals surface area contributed by atoms with E-state index in [0.29, 0.717) is 6.42 Å². The number of pyridine rings is 1. The molecule has 0 spiro atoms. The minimum atomic E-state index is 0.00849. The van der Waals surface area contributed by atoms with Crippen molar-refractivity contribution in [3.05, 3.63) is 46.7 Å². The van der Waals surface area contributed by atoms with Gasteiger partial charge in [-0.1, -0.05) is 6.07 Å². The third-order valence-corrected chi connectivity index (χ3v) is 3.81. The fourth-order valence-corrected chi connectivity index (χ4v) is 2.36. The highest BCUT2D eigenvalue weighted by atomic mass is 32.1. The molecule has 1 atom stereocenters. The molecular weight excluding hydrogens is 246 g/mol. The van der Waals surface area contributed by atoms with Crippen molar-refractivity contribution in [3.8, 4) is 0 Å². The zero-order valence-corrected chi connectivity index (χ0v) is 11.2. The first-order valence-corrected chi connectivity index (χ1v) is 6.60. The van der Waals surface area contributed by atoms with Gasteiger partial charge >= 0.3 is 0 Å². The number of carbonyl (C=O) groups is 1. The van der Waals surface area contributed by atoms with Crippen LogP contribution in [-0.2, 0) is 11.2 Å². The van der Waals surface area contributed by atoms with Crippen LogP contribution in [0, 0.1) is 0 Å². The first-order chi connectivity index (χ1) is 8.68. The van der Waals surface area contributed by atoms with Gasteiger partial charge < -0.3 is 4.90 Å². The van der Waals surface area contributed by atoms with Crippen LogP contribution >= 0.6 is 11.3 Å². The van der Waals surface area contributed by atoms with Gasteiger partial charge in [0.15, 0.2) is 0 Å². The minimum absolute atomic E-state index is 0.00849. The van der Waals surface area contributed by atoms with Crippen molar-refractivity contribution >= 4 is 17.2 Å². The second-order valence-corrected chi connectivity index (χ2v) is 5.02. The van der Waals surface area contributed by atoms with E-state index in [1.54, 1.807) is 34.8 Å². The molecule has 0 saturated carbocycles. The Morgan fingerprint density at radius 2 is 2.33 bits per heavy atom. The molecule has 4 nitrogen and oxygen atoms in total. The van der Waals surface area contributed by atoms with Crippen molar-refractivity contribution in [2.75, 3.05) is 7.05 Å². The van der Waals surface area contributed by atoms with Crippen LogP contribution in [0.5, 0.6) is 0 Å². The van der Waals surface area contributed by atoms with Crippen molar-refractivity contribution in [3.63, 3.8) is 0 Å². The molecular formula is C13H15N3OS. The summed E-state index contributed by atoms with van der Waals surface area (Å²) in [5, 5.41) is 2.88. The summed E-state index contributed by atoms with van der Waals surface area (Å²) < 4.78 is 0. The van der Waals surface area contributed by atoms with E-state index in [2.05, 4.69) is 9.97 Å². The average Bonchev–Trinajstić information content (AvgIpc) is 2.92. The molecule has 2 rings (SSSR count). The first kappa shape index (κ1) is 12.7. The maximum Gasteiger partial charge on any atom is 0.227 e. The number of hydrogen-bond acceptors (Lipinski definition) is 4. The van der Waals surface area contributed by atoms with E-state index in [1.807, 2.05) is 31.5 Å². The number of hydrogen-bond donors (Lipinski definition) is 0. The Bertz CT molecular complexity index is 498. The molecule has 2 aromatic heterocycles. The Labute approximate surface area is 110 Å². The monoisotopic (exact) mass is 261 g/mol. The maximum atomic E-state index is 12.1. The molecule has 0 aliphatic carbocycles. The van der Waals surface area contributed by atoms with E-state index < -0.39 is 0 Å². The highest BCUT2D eigenvalue weighted by Crippen LogP contribution is 2.21. The minimum Gasteiger partial charge on any atom is -0.336 e. The third kappa shape index (κ3) is 2.92. The SMILES string of the molecule is CC(c1nccs1)N(C)C(=O)Cc1cccnc1. The van der Waals surface area contributed by atoms with Gasteiger partial charge in [0.05, 0.1) is 12.5 Å². The number of aromatic nitrogens is 2. The van der Waals surface area contributed by atoms with Gasteiger partial charge in [-0.2, -0.15) is 0 Å². The molecule has 0 saturated heterocycles. The summed E-state index contributed by atoms with van der Waals surface area (Å²) in [6.07, 6.45) is 5.56. The lowest BCUT2D eigenvalue weighted by atomic mass is 10.2. The van der Waals surface area contributed by atoms with E-state index in [4.69, 9.17) is 0 Å². The predicted molar refractivity (Wildman–Crippen MR) is 71.2 cm³/mol. The zero-order valence-electron chi connectivity index (χ0n) is 10.4. The Morgan fingerprint density at radius 3 is 2.94 bits per heavy atom. The first-order valence-electron chi connectivity index (χ1n) is 5.72. The number of rotatable bonds is 4. The summed E-state index contributed by atoms with van der Waals surface area (Å²) in [6, 6.07) is 3.76. The summed E-state index contributed by atoms with van der Waals surface area (Å²) in [4.78, 5) is 22.1. The second kappa shape index (κ2) is 5.73. The van der Waals surface area contributed by atoms with Crippen molar-refractivity contribution < 1.29 is 4.79 Å². The number of nitrogens with zero attached hydrogens (tertiary/aromatic N) is 3. The van der Waals surface area contributed by atoms with Crippen molar-refractivity contribution in [1.29, 1.82) is 0 Å². The summed E-state index contributed by atoms with van der Waals surface area (Å²) in [7, 11) is 1.81. The van der Waals surface area contributed by atoms with Crippen LogP contribution in [0.1, 0.15) is 23.5 Å². The number of thiazole rings is 1. The number of carbonyl (C=O) groups excluding carboxylic acids is 1. The predicted octanol–water partition coefficient (Wildman–Crippen LogP) is 2.30. The highest BCUT2D eigenvalue weighted by Gasteiger charge is 2.19. The van der Waals surface area contributed by atoms with Crippen molar-refractivity contribution in [2.24, 2.45) is 0 Å². The Balaban J connectivity index is 2.01. The van der Waals surface area contributed by atoms with Crippen LogP contribution < -0.4 is 0 Å². The van der Waals surface area contributed by atoms with Gasteiger partial charge in [-0.05, 0) is 18.6 Å². The van der Waals surface area contributed by atoms with Gasteiger partial charge in [-0.25, -0.2) is 4.98 Å². The van der Waals surface area contributed by atoms with Gasteiger partial charge in [0.1, 0.15) is 5.01 Å². The molecule has 0 aliphatic rings. The maximum absolute atomic E-state index is 12.1. The van der Waals surface area contributed by atoms with E-state index in [9.17, 15) is 4.79 Å². The Morgan fingerprint density at radius 1 is 1.50 bits per heavy atom. The molecule has 1 amide bonds. The quantitative estimate of drug-likeness (QED) is 0.848. The summed E-state index contributed by atoms with van der Waals surface area (Å²) in [6.45, 7) is 1.99. The molecule has 5 heteroatoms. The molecule has 1 unspecified atom stereocenters. The summed E-state index contributed by atoms with van der Waals surface area (Å²) >= 11 is 1.57. The van der Waals surface area contributed by atoms with Crippen LogP contribution in [-0.4, -0.2) is 27.8 Å². The van der Waals surface area contributed by atoms with Crippen LogP contribution in [0.3, 0.4) is 0 Å². The van der Waals surface area contributed by atoms with Gasteiger partial charge in [-0.15, -0.1) is 11.3 Å². The van der Waals surface area contributed by atoms with Crippen molar-refractivity contribution in [1.82, 2.24) is 14.9 Å². The second-order valence-electron chi connectivity index (χ2n) is 4.09. The summed E-state index contributed by atoms with van der Waals surface area (Å²) in [5.74, 6) is 0.0747. The Hall–Kier alpha value is -1.75. The zero-order chi connectivity index (χ0) is 13.0. The Kier molecular flexibility index (Phi) is 4.04. The van der Waals surface area contributed by atoms with E-state index >= 15 is 0 Å². The number of amides is 1. The molecule has 18 heavy (non-hydrogen) atoms. The van der Waals surface area contributed by atoms with Gasteiger partial charge in [0.2, 0.25) is 5.91 Å². The fraction of sp³-hybridized carbons (Fsp3) is 0.308. The molecule has 0 radical (unpaired) electrons. The van der Waals surface area contributed by atoms with Crippen LogP contribution in [0.15, 0.2) is 36.1 Å². The molecule has 94 valence electrons. The largest absolute Gasteiger partial charge is 0.336 e.